The molecule has 1 unspecified atom stereocenters. The van der Waals surface area contributed by atoms with E-state index in [1.54, 1.807) is 0 Å². The van der Waals surface area contributed by atoms with E-state index in [1.165, 1.54) is 14.2 Å². The van der Waals surface area contributed by atoms with E-state index in [-0.39, 0.29) is 19.5 Å². The molecular formula is C8H18N2O6S. The number of ether oxygens (including phenoxy) is 1. The number of esters is 1. The zero-order chi connectivity index (χ0) is 13.5. The van der Waals surface area contributed by atoms with Gasteiger partial charge < -0.3 is 14.9 Å². The van der Waals surface area contributed by atoms with Gasteiger partial charge in [0.05, 0.1) is 26.2 Å². The summed E-state index contributed by atoms with van der Waals surface area (Å²) in [4.78, 5) is 10.8. The molecule has 0 radical (unpaired) electrons. The predicted octanol–water partition coefficient (Wildman–Crippen LogP) is -2.33. The van der Waals surface area contributed by atoms with Crippen LogP contribution < -0.4 is 4.72 Å². The van der Waals surface area contributed by atoms with Crippen LogP contribution in [0.15, 0.2) is 0 Å². The highest BCUT2D eigenvalue weighted by Crippen LogP contribution is 1.97. The number of nitrogens with zero attached hydrogens (tertiary/aromatic N) is 1. The van der Waals surface area contributed by atoms with Crippen molar-refractivity contribution in [2.75, 3.05) is 33.9 Å². The fourth-order valence-electron chi connectivity index (χ4n) is 0.847. The molecule has 0 aliphatic heterocycles. The zero-order valence-corrected chi connectivity index (χ0v) is 10.6. The molecule has 0 aromatic heterocycles. The van der Waals surface area contributed by atoms with Crippen molar-refractivity contribution in [3.63, 3.8) is 0 Å². The molecule has 0 saturated heterocycles. The van der Waals surface area contributed by atoms with Crippen molar-refractivity contribution in [2.24, 2.45) is 0 Å². The molecule has 0 aromatic carbocycles. The lowest BCUT2D eigenvalue weighted by atomic mass is 10.4. The fraction of sp³-hybridized carbons (Fsp3) is 0.875. The zero-order valence-electron chi connectivity index (χ0n) is 9.79. The number of hydrogen-bond donors (Lipinski definition) is 3. The largest absolute Gasteiger partial charge is 0.469 e. The van der Waals surface area contributed by atoms with Crippen molar-refractivity contribution in [1.29, 1.82) is 0 Å². The van der Waals surface area contributed by atoms with Crippen LogP contribution in [0.4, 0.5) is 0 Å². The van der Waals surface area contributed by atoms with Gasteiger partial charge in [0.25, 0.3) is 10.2 Å². The molecule has 0 aliphatic carbocycles. The summed E-state index contributed by atoms with van der Waals surface area (Å²) in [6, 6.07) is 0. The van der Waals surface area contributed by atoms with E-state index >= 15 is 0 Å². The van der Waals surface area contributed by atoms with E-state index in [1.807, 2.05) is 0 Å². The van der Waals surface area contributed by atoms with E-state index in [0.29, 0.717) is 0 Å². The molecule has 0 saturated carbocycles. The molecule has 8 nitrogen and oxygen atoms in total. The molecule has 1 atom stereocenters. The normalized spacial score (nSPS) is 13.7. The number of rotatable bonds is 8. The first-order chi connectivity index (χ1) is 7.83. The number of hydrogen-bond acceptors (Lipinski definition) is 6. The van der Waals surface area contributed by atoms with Gasteiger partial charge in [-0.3, -0.25) is 4.79 Å². The Bertz CT molecular complexity index is 331. The van der Waals surface area contributed by atoms with Gasteiger partial charge in [-0.25, -0.2) is 0 Å². The summed E-state index contributed by atoms with van der Waals surface area (Å²) in [5, 5.41) is 17.5. The highest BCUT2D eigenvalue weighted by molar-refractivity contribution is 7.87. The van der Waals surface area contributed by atoms with Gasteiger partial charge in [-0.2, -0.15) is 17.4 Å². The van der Waals surface area contributed by atoms with E-state index < -0.39 is 28.9 Å². The minimum absolute atomic E-state index is 0.0305. The molecule has 0 rings (SSSR count). The third kappa shape index (κ3) is 6.54. The van der Waals surface area contributed by atoms with Crippen molar-refractivity contribution >= 4 is 16.2 Å². The molecule has 102 valence electrons. The SMILES string of the molecule is COC(=O)CCN(C)S(=O)(=O)NCC(O)CO. The van der Waals surface area contributed by atoms with Crippen LogP contribution in [0.2, 0.25) is 0 Å². The van der Waals surface area contributed by atoms with Crippen LogP contribution in [-0.2, 0) is 19.7 Å². The average Bonchev–Trinajstić information content (AvgIpc) is 2.32. The number of methoxy groups -OCH3 is 1. The first-order valence-corrected chi connectivity index (χ1v) is 6.34. The molecule has 0 fully saturated rings. The van der Waals surface area contributed by atoms with Gasteiger partial charge in [-0.05, 0) is 0 Å². The second kappa shape index (κ2) is 7.56. The van der Waals surface area contributed by atoms with Gasteiger partial charge >= 0.3 is 5.97 Å². The summed E-state index contributed by atoms with van der Waals surface area (Å²) < 4.78 is 30.4. The average molecular weight is 270 g/mol. The number of aliphatic hydroxyl groups excluding tert-OH is 2. The molecule has 0 spiro atoms. The maximum absolute atomic E-state index is 11.5. The third-order valence-electron chi connectivity index (χ3n) is 1.98. The number of nitrogens with one attached hydrogen (secondary N) is 1. The number of aliphatic hydroxyl groups is 2. The molecule has 0 aromatic rings. The van der Waals surface area contributed by atoms with Gasteiger partial charge in [0, 0.05) is 20.1 Å². The van der Waals surface area contributed by atoms with E-state index in [2.05, 4.69) is 9.46 Å². The summed E-state index contributed by atoms with van der Waals surface area (Å²) in [5.41, 5.74) is 0. The first-order valence-electron chi connectivity index (χ1n) is 4.90. The summed E-state index contributed by atoms with van der Waals surface area (Å²) in [5.74, 6) is -0.512. The van der Waals surface area contributed by atoms with E-state index in [9.17, 15) is 13.2 Å². The van der Waals surface area contributed by atoms with Crippen molar-refractivity contribution in [3.05, 3.63) is 0 Å². The lowest BCUT2D eigenvalue weighted by molar-refractivity contribution is -0.140. The van der Waals surface area contributed by atoms with Crippen molar-refractivity contribution < 1.29 is 28.2 Å². The molecule has 0 heterocycles. The smallest absolute Gasteiger partial charge is 0.306 e. The van der Waals surface area contributed by atoms with Gasteiger partial charge in [-0.15, -0.1) is 0 Å². The minimum atomic E-state index is -3.76. The van der Waals surface area contributed by atoms with Crippen molar-refractivity contribution in [1.82, 2.24) is 9.03 Å². The Morgan fingerprint density at radius 2 is 2.12 bits per heavy atom. The fourth-order valence-corrected chi connectivity index (χ4v) is 1.80. The molecule has 3 N–H and O–H groups in total. The summed E-state index contributed by atoms with van der Waals surface area (Å²) in [6.07, 6.45) is -1.21. The van der Waals surface area contributed by atoms with Crippen molar-refractivity contribution in [3.8, 4) is 0 Å². The van der Waals surface area contributed by atoms with Gasteiger partial charge in [0.1, 0.15) is 0 Å². The predicted molar refractivity (Wildman–Crippen MR) is 59.3 cm³/mol. The summed E-state index contributed by atoms with van der Waals surface area (Å²) in [6.45, 7) is -0.854. The van der Waals surface area contributed by atoms with Crippen LogP contribution in [0.1, 0.15) is 6.42 Å². The lowest BCUT2D eigenvalue weighted by Crippen LogP contribution is -2.43. The Hall–Kier alpha value is -0.740. The molecule has 17 heavy (non-hydrogen) atoms. The second-order valence-corrected chi connectivity index (χ2v) is 5.20. The highest BCUT2D eigenvalue weighted by atomic mass is 32.2. The minimum Gasteiger partial charge on any atom is -0.469 e. The Morgan fingerprint density at radius 3 is 2.59 bits per heavy atom. The summed E-state index contributed by atoms with van der Waals surface area (Å²) in [7, 11) is -1.26. The molecule has 0 amide bonds. The maximum Gasteiger partial charge on any atom is 0.306 e. The highest BCUT2D eigenvalue weighted by Gasteiger charge is 2.19. The van der Waals surface area contributed by atoms with Gasteiger partial charge in [0.15, 0.2) is 0 Å². The lowest BCUT2D eigenvalue weighted by Gasteiger charge is -2.18. The molecule has 9 heteroatoms. The standard InChI is InChI=1S/C8H18N2O6S/c1-10(4-3-8(13)16-2)17(14,15)9-5-7(12)6-11/h7,9,11-12H,3-6H2,1-2H3. The van der Waals surface area contributed by atoms with Crippen LogP contribution in [0.5, 0.6) is 0 Å². The first kappa shape index (κ1) is 16.3. The second-order valence-electron chi connectivity index (χ2n) is 3.34. The molecular weight excluding hydrogens is 252 g/mol. The number of carbonyl (C=O) groups excluding carboxylic acids is 1. The molecule has 0 aliphatic rings. The quantitative estimate of drug-likeness (QED) is 0.426. The Kier molecular flexibility index (Phi) is 7.23. The molecule has 0 bridgehead atoms. The summed E-state index contributed by atoms with van der Waals surface area (Å²) >= 11 is 0. The Labute approximate surface area is 100 Å². The Balaban J connectivity index is 4.16. The van der Waals surface area contributed by atoms with Crippen LogP contribution in [0.25, 0.3) is 0 Å². The topological polar surface area (TPSA) is 116 Å². The number of carbonyl (C=O) groups is 1. The van der Waals surface area contributed by atoms with Gasteiger partial charge in [-0.1, -0.05) is 0 Å². The van der Waals surface area contributed by atoms with Crippen LogP contribution in [-0.4, -0.2) is 68.9 Å². The van der Waals surface area contributed by atoms with Crippen LogP contribution >= 0.6 is 0 Å². The Morgan fingerprint density at radius 1 is 1.53 bits per heavy atom. The van der Waals surface area contributed by atoms with E-state index in [4.69, 9.17) is 10.2 Å². The van der Waals surface area contributed by atoms with Gasteiger partial charge in [0.2, 0.25) is 0 Å². The maximum atomic E-state index is 11.5. The van der Waals surface area contributed by atoms with E-state index in [0.717, 1.165) is 4.31 Å². The van der Waals surface area contributed by atoms with Crippen LogP contribution in [0, 0.1) is 0 Å². The van der Waals surface area contributed by atoms with Crippen molar-refractivity contribution in [2.45, 2.75) is 12.5 Å². The van der Waals surface area contributed by atoms with Crippen LogP contribution in [0.3, 0.4) is 0 Å². The third-order valence-corrected chi connectivity index (χ3v) is 3.52. The monoisotopic (exact) mass is 270 g/mol.